The van der Waals surface area contributed by atoms with E-state index < -0.39 is 8.27 Å². The van der Waals surface area contributed by atoms with Crippen molar-refractivity contribution in [3.63, 3.8) is 0 Å². The molecule has 0 saturated heterocycles. The summed E-state index contributed by atoms with van der Waals surface area (Å²) in [7, 11) is -1.08. The summed E-state index contributed by atoms with van der Waals surface area (Å²) >= 11 is 6.40. The lowest BCUT2D eigenvalue weighted by atomic mass is 9.99. The van der Waals surface area contributed by atoms with Crippen LogP contribution in [0, 0.1) is 0 Å². The minimum atomic E-state index is -1.08. The van der Waals surface area contributed by atoms with Crippen molar-refractivity contribution in [2.45, 2.75) is 33.1 Å². The summed E-state index contributed by atoms with van der Waals surface area (Å²) in [6, 6.07) is 8.54. The SMILES string of the molecule is CCN[Si](Cl)c1ccccc1C(C)CC. The molecular weight excluding hydrogens is 222 g/mol. The second-order valence-electron chi connectivity index (χ2n) is 3.74. The Bertz CT molecular complexity index is 303. The van der Waals surface area contributed by atoms with Crippen LogP contribution in [0.15, 0.2) is 24.3 Å². The van der Waals surface area contributed by atoms with Crippen molar-refractivity contribution in [2.24, 2.45) is 0 Å². The van der Waals surface area contributed by atoms with Crippen molar-refractivity contribution in [2.75, 3.05) is 6.54 Å². The molecule has 1 atom stereocenters. The van der Waals surface area contributed by atoms with Gasteiger partial charge in [-0.05, 0) is 29.6 Å². The molecule has 0 fully saturated rings. The van der Waals surface area contributed by atoms with Crippen LogP contribution in [0.1, 0.15) is 38.7 Å². The number of rotatable bonds is 5. The van der Waals surface area contributed by atoms with Gasteiger partial charge in [0.1, 0.15) is 0 Å². The van der Waals surface area contributed by atoms with E-state index in [4.69, 9.17) is 11.1 Å². The molecule has 0 amide bonds. The number of benzene rings is 1. The first-order chi connectivity index (χ1) is 7.20. The van der Waals surface area contributed by atoms with E-state index in [1.54, 1.807) is 0 Å². The summed E-state index contributed by atoms with van der Waals surface area (Å²) in [6.07, 6.45) is 1.16. The van der Waals surface area contributed by atoms with Gasteiger partial charge in [-0.1, -0.05) is 45.0 Å². The molecule has 1 nitrogen and oxygen atoms in total. The quantitative estimate of drug-likeness (QED) is 0.617. The lowest BCUT2D eigenvalue weighted by Gasteiger charge is -2.17. The molecule has 0 saturated carbocycles. The predicted molar refractivity (Wildman–Crippen MR) is 70.1 cm³/mol. The highest BCUT2D eigenvalue weighted by atomic mass is 35.6. The van der Waals surface area contributed by atoms with Gasteiger partial charge in [-0.15, -0.1) is 11.1 Å². The summed E-state index contributed by atoms with van der Waals surface area (Å²) in [5, 5.41) is 1.32. The van der Waals surface area contributed by atoms with Crippen LogP contribution in [0.25, 0.3) is 0 Å². The largest absolute Gasteiger partial charge is 0.322 e. The van der Waals surface area contributed by atoms with Crippen LogP contribution in [0.4, 0.5) is 0 Å². The predicted octanol–water partition coefficient (Wildman–Crippen LogP) is 2.74. The van der Waals surface area contributed by atoms with E-state index >= 15 is 0 Å². The topological polar surface area (TPSA) is 12.0 Å². The molecule has 1 unspecified atom stereocenters. The van der Waals surface area contributed by atoms with Crippen LogP contribution in [-0.4, -0.2) is 14.8 Å². The molecule has 3 heteroatoms. The molecule has 1 aromatic carbocycles. The number of halogens is 1. The Labute approximate surface area is 99.2 Å². The van der Waals surface area contributed by atoms with Gasteiger partial charge in [0.15, 0.2) is 0 Å². The van der Waals surface area contributed by atoms with E-state index in [1.807, 2.05) is 0 Å². The van der Waals surface area contributed by atoms with Gasteiger partial charge in [-0.3, -0.25) is 0 Å². The third-order valence-corrected chi connectivity index (χ3v) is 5.28. The Morgan fingerprint density at radius 2 is 2.00 bits per heavy atom. The van der Waals surface area contributed by atoms with Gasteiger partial charge in [0.2, 0.25) is 0 Å². The lowest BCUT2D eigenvalue weighted by Crippen LogP contribution is -2.42. The van der Waals surface area contributed by atoms with E-state index in [-0.39, 0.29) is 0 Å². The summed E-state index contributed by atoms with van der Waals surface area (Å²) in [5.41, 5.74) is 1.41. The Balaban J connectivity index is 2.95. The minimum Gasteiger partial charge on any atom is -0.322 e. The third kappa shape index (κ3) is 3.33. The zero-order valence-electron chi connectivity index (χ0n) is 9.68. The van der Waals surface area contributed by atoms with Crippen molar-refractivity contribution >= 4 is 24.5 Å². The van der Waals surface area contributed by atoms with E-state index in [0.29, 0.717) is 5.92 Å². The molecule has 0 bridgehead atoms. The van der Waals surface area contributed by atoms with Crippen molar-refractivity contribution in [1.82, 2.24) is 4.98 Å². The van der Waals surface area contributed by atoms with Gasteiger partial charge in [0.25, 0.3) is 8.27 Å². The molecule has 0 aliphatic rings. The average molecular weight is 241 g/mol. The smallest absolute Gasteiger partial charge is 0.284 e. The maximum absolute atomic E-state index is 6.40. The van der Waals surface area contributed by atoms with E-state index in [1.165, 1.54) is 10.8 Å². The molecule has 0 spiro atoms. The van der Waals surface area contributed by atoms with Crippen molar-refractivity contribution in [1.29, 1.82) is 0 Å². The molecule has 1 N–H and O–H groups in total. The summed E-state index contributed by atoms with van der Waals surface area (Å²) in [6.45, 7) is 7.51. The number of hydrogen-bond acceptors (Lipinski definition) is 1. The molecule has 1 aromatic rings. The molecule has 0 aromatic heterocycles. The first-order valence-electron chi connectivity index (χ1n) is 5.56. The fraction of sp³-hybridized carbons (Fsp3) is 0.500. The Morgan fingerprint density at radius 3 is 2.60 bits per heavy atom. The normalized spacial score (nSPS) is 13.1. The first-order valence-corrected chi connectivity index (χ1v) is 8.07. The Kier molecular flexibility index (Phi) is 5.36. The van der Waals surface area contributed by atoms with Crippen molar-refractivity contribution in [3.05, 3.63) is 29.8 Å². The molecular formula is C12H19ClNSi. The zero-order chi connectivity index (χ0) is 11.3. The van der Waals surface area contributed by atoms with Gasteiger partial charge < -0.3 is 4.98 Å². The van der Waals surface area contributed by atoms with Crippen LogP contribution in [0.2, 0.25) is 0 Å². The van der Waals surface area contributed by atoms with Gasteiger partial charge in [0, 0.05) is 0 Å². The van der Waals surface area contributed by atoms with Gasteiger partial charge in [0.05, 0.1) is 0 Å². The molecule has 1 radical (unpaired) electrons. The lowest BCUT2D eigenvalue weighted by molar-refractivity contribution is 0.737. The highest BCUT2D eigenvalue weighted by Crippen LogP contribution is 2.16. The highest BCUT2D eigenvalue weighted by Gasteiger charge is 2.16. The van der Waals surface area contributed by atoms with Crippen molar-refractivity contribution < 1.29 is 0 Å². The number of hydrogen-bond donors (Lipinski definition) is 1. The standard InChI is InChI=1S/C12H19ClNSi/c1-4-10(3)11-8-6-7-9-12(11)15(13)14-5-2/h6-10,14H,4-5H2,1-3H3. The zero-order valence-corrected chi connectivity index (χ0v) is 11.4. The van der Waals surface area contributed by atoms with Crippen LogP contribution in [0.5, 0.6) is 0 Å². The maximum Gasteiger partial charge on any atom is 0.284 e. The summed E-state index contributed by atoms with van der Waals surface area (Å²) in [4.78, 5) is 3.35. The monoisotopic (exact) mass is 240 g/mol. The van der Waals surface area contributed by atoms with Gasteiger partial charge >= 0.3 is 0 Å². The van der Waals surface area contributed by atoms with E-state index in [9.17, 15) is 0 Å². The van der Waals surface area contributed by atoms with Gasteiger partial charge in [-0.2, -0.15) is 0 Å². The summed E-state index contributed by atoms with van der Waals surface area (Å²) < 4.78 is 0. The fourth-order valence-electron chi connectivity index (χ4n) is 1.60. The van der Waals surface area contributed by atoms with Crippen LogP contribution >= 0.6 is 11.1 Å². The molecule has 0 heterocycles. The van der Waals surface area contributed by atoms with Crippen LogP contribution < -0.4 is 10.2 Å². The second kappa shape index (κ2) is 6.31. The number of nitrogens with one attached hydrogen (secondary N) is 1. The Morgan fingerprint density at radius 1 is 1.33 bits per heavy atom. The highest BCUT2D eigenvalue weighted by molar-refractivity contribution is 7.13. The summed E-state index contributed by atoms with van der Waals surface area (Å²) in [5.74, 6) is 0.596. The van der Waals surface area contributed by atoms with Crippen LogP contribution in [0.3, 0.4) is 0 Å². The minimum absolute atomic E-state index is 0.596. The van der Waals surface area contributed by atoms with Crippen molar-refractivity contribution in [3.8, 4) is 0 Å². The molecule has 15 heavy (non-hydrogen) atoms. The molecule has 0 aliphatic heterocycles. The first kappa shape index (κ1) is 12.8. The average Bonchev–Trinajstić information content (AvgIpc) is 2.28. The second-order valence-corrected chi connectivity index (χ2v) is 6.39. The maximum atomic E-state index is 6.40. The van der Waals surface area contributed by atoms with E-state index in [0.717, 1.165) is 13.0 Å². The third-order valence-electron chi connectivity index (χ3n) is 2.67. The molecule has 83 valence electrons. The fourth-order valence-corrected chi connectivity index (χ4v) is 3.84. The molecule has 1 rings (SSSR count). The van der Waals surface area contributed by atoms with Gasteiger partial charge in [-0.25, -0.2) is 0 Å². The Hall–Kier alpha value is -0.313. The van der Waals surface area contributed by atoms with Crippen LogP contribution in [-0.2, 0) is 0 Å². The van der Waals surface area contributed by atoms with E-state index in [2.05, 4.69) is 50.0 Å². The molecule has 0 aliphatic carbocycles.